The van der Waals surface area contributed by atoms with Crippen LogP contribution in [0.2, 0.25) is 0 Å². The first-order valence-electron chi connectivity index (χ1n) is 8.97. The maximum absolute atomic E-state index is 12.3. The van der Waals surface area contributed by atoms with Crippen LogP contribution in [0, 0.1) is 0 Å². The topological polar surface area (TPSA) is 97.2 Å². The van der Waals surface area contributed by atoms with Crippen LogP contribution in [0.4, 0.5) is 5.69 Å². The number of carboxylic acid groups (broad SMARTS) is 1. The van der Waals surface area contributed by atoms with E-state index in [2.05, 4.69) is 10.3 Å². The molecule has 1 aliphatic rings. The zero-order valence-corrected chi connectivity index (χ0v) is 16.7. The number of para-hydroxylation sites is 1. The zero-order valence-electron chi connectivity index (χ0n) is 15.9. The minimum Gasteiger partial charge on any atom is -0.490 e. The fraction of sp³-hybridized carbons (Fsp3) is 0.190. The Morgan fingerprint density at radius 2 is 2.00 bits per heavy atom. The lowest BCUT2D eigenvalue weighted by Gasteiger charge is -2.15. The number of carbonyl (C=O) groups is 2. The van der Waals surface area contributed by atoms with Crippen molar-refractivity contribution in [1.82, 2.24) is 5.32 Å². The van der Waals surface area contributed by atoms with Crippen molar-refractivity contribution in [3.05, 3.63) is 59.0 Å². The molecule has 0 bridgehead atoms. The van der Waals surface area contributed by atoms with Gasteiger partial charge in [-0.2, -0.15) is 0 Å². The fourth-order valence-corrected chi connectivity index (χ4v) is 3.31. The number of aliphatic imine (C=N–C) groups is 1. The van der Waals surface area contributed by atoms with Gasteiger partial charge in [0, 0.05) is 0 Å². The van der Waals surface area contributed by atoms with E-state index in [0.29, 0.717) is 28.2 Å². The molecular formula is C21H20N2O5S. The van der Waals surface area contributed by atoms with Crippen LogP contribution in [0.15, 0.2) is 58.4 Å². The second-order valence-corrected chi connectivity index (χ2v) is 7.09. The highest BCUT2D eigenvalue weighted by atomic mass is 32.2. The average molecular weight is 412 g/mol. The fourth-order valence-electron chi connectivity index (χ4n) is 2.47. The number of carbonyl (C=O) groups excluding carboxylic acids is 1. The SMILES string of the molecule is CCOc1cc(/C=C2/SC(=Nc3ccccc3)NC2=O)ccc1O[C@H](C)C(=O)O. The number of benzene rings is 2. The van der Waals surface area contributed by atoms with E-state index in [4.69, 9.17) is 14.6 Å². The van der Waals surface area contributed by atoms with Gasteiger partial charge in [-0.3, -0.25) is 4.79 Å². The summed E-state index contributed by atoms with van der Waals surface area (Å²) in [4.78, 5) is 28.2. The molecule has 0 saturated carbocycles. The molecule has 3 rings (SSSR count). The molecule has 0 unspecified atom stereocenters. The Labute approximate surface area is 172 Å². The van der Waals surface area contributed by atoms with Gasteiger partial charge in [0.25, 0.3) is 5.91 Å². The smallest absolute Gasteiger partial charge is 0.344 e. The third-order valence-electron chi connectivity index (χ3n) is 3.85. The molecule has 2 N–H and O–H groups in total. The van der Waals surface area contributed by atoms with Crippen LogP contribution in [0.25, 0.3) is 6.08 Å². The minimum absolute atomic E-state index is 0.234. The number of ether oxygens (including phenoxy) is 2. The molecule has 1 heterocycles. The normalized spacial score (nSPS) is 17.2. The molecule has 1 amide bonds. The van der Waals surface area contributed by atoms with Crippen molar-refractivity contribution in [3.8, 4) is 11.5 Å². The van der Waals surface area contributed by atoms with E-state index < -0.39 is 12.1 Å². The first-order valence-corrected chi connectivity index (χ1v) is 9.79. The third kappa shape index (κ3) is 5.39. The van der Waals surface area contributed by atoms with Gasteiger partial charge in [-0.05, 0) is 61.5 Å². The number of rotatable bonds is 7. The van der Waals surface area contributed by atoms with Gasteiger partial charge in [0.1, 0.15) is 0 Å². The maximum Gasteiger partial charge on any atom is 0.344 e. The number of carboxylic acids is 1. The summed E-state index contributed by atoms with van der Waals surface area (Å²) < 4.78 is 11.0. The van der Waals surface area contributed by atoms with E-state index in [1.54, 1.807) is 24.3 Å². The highest BCUT2D eigenvalue weighted by Crippen LogP contribution is 2.33. The van der Waals surface area contributed by atoms with Crippen LogP contribution in [0.5, 0.6) is 11.5 Å². The summed E-state index contributed by atoms with van der Waals surface area (Å²) in [5, 5.41) is 12.3. The molecule has 29 heavy (non-hydrogen) atoms. The molecular weight excluding hydrogens is 392 g/mol. The summed E-state index contributed by atoms with van der Waals surface area (Å²) in [7, 11) is 0. The molecule has 8 heteroatoms. The van der Waals surface area contributed by atoms with E-state index in [9.17, 15) is 9.59 Å². The van der Waals surface area contributed by atoms with Gasteiger partial charge < -0.3 is 19.9 Å². The molecule has 1 fully saturated rings. The Bertz CT molecular complexity index is 972. The van der Waals surface area contributed by atoms with E-state index in [1.807, 2.05) is 37.3 Å². The summed E-state index contributed by atoms with van der Waals surface area (Å²) in [6.45, 7) is 3.66. The monoisotopic (exact) mass is 412 g/mol. The number of hydrogen-bond donors (Lipinski definition) is 2. The van der Waals surface area contributed by atoms with Crippen molar-refractivity contribution in [3.63, 3.8) is 0 Å². The standard InChI is InChI=1S/C21H20N2O5S/c1-3-27-17-11-14(9-10-16(17)28-13(2)20(25)26)12-18-19(24)23-21(29-18)22-15-7-5-4-6-8-15/h4-13H,3H2,1-2H3,(H,25,26)(H,22,23,24)/b18-12+/t13-/m1/s1. The molecule has 1 atom stereocenters. The Morgan fingerprint density at radius 3 is 2.69 bits per heavy atom. The van der Waals surface area contributed by atoms with Crippen molar-refractivity contribution in [2.75, 3.05) is 6.61 Å². The number of nitrogens with one attached hydrogen (secondary N) is 1. The minimum atomic E-state index is -1.07. The van der Waals surface area contributed by atoms with Crippen molar-refractivity contribution < 1.29 is 24.2 Å². The molecule has 0 aromatic heterocycles. The van der Waals surface area contributed by atoms with Crippen LogP contribution in [0.1, 0.15) is 19.4 Å². The lowest BCUT2D eigenvalue weighted by molar-refractivity contribution is -0.144. The lowest BCUT2D eigenvalue weighted by Crippen LogP contribution is -2.23. The van der Waals surface area contributed by atoms with Gasteiger partial charge >= 0.3 is 5.97 Å². The first kappa shape index (κ1) is 20.5. The van der Waals surface area contributed by atoms with Crippen LogP contribution in [0.3, 0.4) is 0 Å². The molecule has 0 radical (unpaired) electrons. The predicted octanol–water partition coefficient (Wildman–Crippen LogP) is 3.83. The molecule has 7 nitrogen and oxygen atoms in total. The molecule has 150 valence electrons. The average Bonchev–Trinajstić information content (AvgIpc) is 3.03. The number of aliphatic carboxylic acids is 1. The van der Waals surface area contributed by atoms with E-state index in [1.165, 1.54) is 18.7 Å². The number of nitrogens with zero attached hydrogens (tertiary/aromatic N) is 1. The second-order valence-electron chi connectivity index (χ2n) is 6.05. The van der Waals surface area contributed by atoms with Crippen molar-refractivity contribution in [2.24, 2.45) is 4.99 Å². The zero-order chi connectivity index (χ0) is 20.8. The van der Waals surface area contributed by atoms with Crippen molar-refractivity contribution >= 4 is 40.6 Å². The summed E-state index contributed by atoms with van der Waals surface area (Å²) in [6, 6.07) is 14.4. The Hall–Kier alpha value is -3.26. The van der Waals surface area contributed by atoms with Crippen LogP contribution in [-0.2, 0) is 9.59 Å². The van der Waals surface area contributed by atoms with E-state index in [0.717, 1.165) is 11.3 Å². The molecule has 2 aromatic carbocycles. The van der Waals surface area contributed by atoms with Gasteiger partial charge in [0.2, 0.25) is 0 Å². The van der Waals surface area contributed by atoms with Crippen LogP contribution >= 0.6 is 11.8 Å². The molecule has 1 aliphatic heterocycles. The number of amidine groups is 1. The highest BCUT2D eigenvalue weighted by Gasteiger charge is 2.24. The van der Waals surface area contributed by atoms with Crippen LogP contribution < -0.4 is 14.8 Å². The van der Waals surface area contributed by atoms with E-state index >= 15 is 0 Å². The Morgan fingerprint density at radius 1 is 1.24 bits per heavy atom. The molecule has 0 aliphatic carbocycles. The quantitative estimate of drug-likeness (QED) is 0.671. The van der Waals surface area contributed by atoms with Gasteiger partial charge in [-0.1, -0.05) is 24.3 Å². The third-order valence-corrected chi connectivity index (χ3v) is 4.76. The molecule has 1 saturated heterocycles. The summed E-state index contributed by atoms with van der Waals surface area (Å²) >= 11 is 1.25. The molecule has 2 aromatic rings. The number of thioether (sulfide) groups is 1. The lowest BCUT2D eigenvalue weighted by atomic mass is 10.2. The number of hydrogen-bond acceptors (Lipinski definition) is 6. The highest BCUT2D eigenvalue weighted by molar-refractivity contribution is 8.18. The van der Waals surface area contributed by atoms with E-state index in [-0.39, 0.29) is 5.91 Å². The van der Waals surface area contributed by atoms with Gasteiger partial charge in [0.15, 0.2) is 22.8 Å². The summed E-state index contributed by atoms with van der Waals surface area (Å²) in [5.74, 6) is -0.555. The van der Waals surface area contributed by atoms with Gasteiger partial charge in [-0.15, -0.1) is 0 Å². The summed E-state index contributed by atoms with van der Waals surface area (Å²) in [5.41, 5.74) is 1.48. The Balaban J connectivity index is 1.82. The van der Waals surface area contributed by atoms with Crippen molar-refractivity contribution in [1.29, 1.82) is 0 Å². The Kier molecular flexibility index (Phi) is 6.56. The van der Waals surface area contributed by atoms with Gasteiger partial charge in [0.05, 0.1) is 17.2 Å². The maximum atomic E-state index is 12.3. The first-order chi connectivity index (χ1) is 14.0. The van der Waals surface area contributed by atoms with Crippen LogP contribution in [-0.4, -0.2) is 34.9 Å². The largest absolute Gasteiger partial charge is 0.490 e. The van der Waals surface area contributed by atoms with Crippen molar-refractivity contribution in [2.45, 2.75) is 20.0 Å². The predicted molar refractivity (Wildman–Crippen MR) is 113 cm³/mol. The second kappa shape index (κ2) is 9.29. The molecule has 0 spiro atoms. The van der Waals surface area contributed by atoms with Gasteiger partial charge in [-0.25, -0.2) is 9.79 Å². The summed E-state index contributed by atoms with van der Waals surface area (Å²) in [6.07, 6.45) is 0.715. The number of amides is 1.